The van der Waals surface area contributed by atoms with Gasteiger partial charge in [0.1, 0.15) is 17.9 Å². The third-order valence-corrected chi connectivity index (χ3v) is 4.23. The monoisotopic (exact) mass is 395 g/mol. The second kappa shape index (κ2) is 7.53. The van der Waals surface area contributed by atoms with Crippen LogP contribution >= 0.6 is 15.9 Å². The Balaban J connectivity index is 2.19. The van der Waals surface area contributed by atoms with Crippen molar-refractivity contribution < 1.29 is 23.8 Å². The number of amides is 1. The maximum atomic E-state index is 12.5. The predicted octanol–water partition coefficient (Wildman–Crippen LogP) is 3.48. The number of carboxylic acids is 1. The highest BCUT2D eigenvalue weighted by molar-refractivity contribution is 9.10. The summed E-state index contributed by atoms with van der Waals surface area (Å²) in [6, 6.07) is 5.26. The smallest absolute Gasteiger partial charge is 0.311 e. The number of carbonyl (C=O) groups excluding carboxylic acids is 1. The maximum absolute atomic E-state index is 12.5. The zero-order chi connectivity index (χ0) is 17.9. The van der Waals surface area contributed by atoms with Crippen LogP contribution < -0.4 is 10.1 Å². The number of aliphatic carboxylic acids is 1. The highest BCUT2D eigenvalue weighted by Gasteiger charge is 2.22. The van der Waals surface area contributed by atoms with Crippen molar-refractivity contribution in [2.24, 2.45) is 0 Å². The Bertz CT molecular complexity index is 768. The van der Waals surface area contributed by atoms with Crippen LogP contribution in [0.4, 0.5) is 0 Å². The molecule has 6 nitrogen and oxygen atoms in total. The van der Waals surface area contributed by atoms with Crippen molar-refractivity contribution >= 4 is 27.8 Å². The molecule has 1 amide bonds. The summed E-state index contributed by atoms with van der Waals surface area (Å²) in [6.07, 6.45) is 1.06. The van der Waals surface area contributed by atoms with Gasteiger partial charge in [-0.05, 0) is 47.5 Å². The van der Waals surface area contributed by atoms with E-state index in [0.29, 0.717) is 11.3 Å². The van der Waals surface area contributed by atoms with E-state index in [-0.39, 0.29) is 29.7 Å². The number of halogens is 1. The molecule has 0 radical (unpaired) electrons. The summed E-state index contributed by atoms with van der Waals surface area (Å²) in [5.74, 6) is -0.560. The SMILES string of the molecule is COc1ccc(C(C)NC(=O)c2c(C)coc2CC(=O)O)cc1Br. The van der Waals surface area contributed by atoms with Crippen LogP contribution in [0, 0.1) is 6.92 Å². The largest absolute Gasteiger partial charge is 0.496 e. The summed E-state index contributed by atoms with van der Waals surface area (Å²) >= 11 is 3.41. The van der Waals surface area contributed by atoms with E-state index in [1.165, 1.54) is 6.26 Å². The molecular weight excluding hydrogens is 378 g/mol. The maximum Gasteiger partial charge on any atom is 0.311 e. The Morgan fingerprint density at radius 2 is 2.12 bits per heavy atom. The lowest BCUT2D eigenvalue weighted by Crippen LogP contribution is -2.28. The Labute approximate surface area is 147 Å². The van der Waals surface area contributed by atoms with E-state index in [9.17, 15) is 9.59 Å². The zero-order valence-electron chi connectivity index (χ0n) is 13.6. The normalized spacial score (nSPS) is 11.8. The van der Waals surface area contributed by atoms with Gasteiger partial charge in [0.05, 0.1) is 29.5 Å². The van der Waals surface area contributed by atoms with Gasteiger partial charge in [0.15, 0.2) is 0 Å². The molecule has 0 saturated carbocycles. The molecule has 1 unspecified atom stereocenters. The molecule has 0 fully saturated rings. The van der Waals surface area contributed by atoms with Gasteiger partial charge < -0.3 is 19.6 Å². The average molecular weight is 396 g/mol. The molecule has 1 aromatic carbocycles. The van der Waals surface area contributed by atoms with Crippen molar-refractivity contribution in [1.82, 2.24) is 5.32 Å². The first-order chi connectivity index (χ1) is 11.3. The topological polar surface area (TPSA) is 88.8 Å². The van der Waals surface area contributed by atoms with Crippen LogP contribution in [0.25, 0.3) is 0 Å². The minimum absolute atomic E-state index is 0.153. The van der Waals surface area contributed by atoms with E-state index in [1.807, 2.05) is 19.1 Å². The van der Waals surface area contributed by atoms with E-state index in [0.717, 1.165) is 10.0 Å². The fourth-order valence-corrected chi connectivity index (χ4v) is 2.93. The molecule has 2 N–H and O–H groups in total. The third-order valence-electron chi connectivity index (χ3n) is 3.61. The third kappa shape index (κ3) is 3.97. The van der Waals surface area contributed by atoms with E-state index in [1.54, 1.807) is 20.1 Å². The van der Waals surface area contributed by atoms with Crippen LogP contribution in [0.5, 0.6) is 5.75 Å². The first-order valence-corrected chi connectivity index (χ1v) is 8.05. The van der Waals surface area contributed by atoms with E-state index in [4.69, 9.17) is 14.3 Å². The average Bonchev–Trinajstić information content (AvgIpc) is 2.86. The molecule has 1 atom stereocenters. The number of rotatable bonds is 6. The molecule has 0 aliphatic carbocycles. The number of hydrogen-bond donors (Lipinski definition) is 2. The second-order valence-corrected chi connectivity index (χ2v) is 6.23. The lowest BCUT2D eigenvalue weighted by atomic mass is 10.1. The number of carboxylic acid groups (broad SMARTS) is 1. The van der Waals surface area contributed by atoms with Crippen molar-refractivity contribution in [1.29, 1.82) is 0 Å². The van der Waals surface area contributed by atoms with Gasteiger partial charge in [-0.15, -0.1) is 0 Å². The summed E-state index contributed by atoms with van der Waals surface area (Å²) in [4.78, 5) is 23.4. The van der Waals surface area contributed by atoms with Crippen LogP contribution in [0.3, 0.4) is 0 Å². The van der Waals surface area contributed by atoms with Crippen molar-refractivity contribution in [3.05, 3.63) is 51.4 Å². The summed E-state index contributed by atoms with van der Waals surface area (Å²) in [7, 11) is 1.58. The van der Waals surface area contributed by atoms with Gasteiger partial charge in [0, 0.05) is 5.56 Å². The molecule has 2 aromatic rings. The van der Waals surface area contributed by atoms with E-state index >= 15 is 0 Å². The molecule has 2 rings (SSSR count). The molecule has 0 bridgehead atoms. The minimum atomic E-state index is -1.05. The standard InChI is InChI=1S/C17H18BrNO5/c1-9-8-24-14(7-15(20)21)16(9)17(22)19-10(2)11-4-5-13(23-3)12(18)6-11/h4-6,8,10H,7H2,1-3H3,(H,19,22)(H,20,21). The molecular formula is C17H18BrNO5. The van der Waals surface area contributed by atoms with Gasteiger partial charge in [0.25, 0.3) is 5.91 Å². The summed E-state index contributed by atoms with van der Waals surface area (Å²) in [5.41, 5.74) is 1.76. The molecule has 128 valence electrons. The number of nitrogens with one attached hydrogen (secondary N) is 1. The molecule has 0 aliphatic heterocycles. The van der Waals surface area contributed by atoms with Crippen LogP contribution in [-0.4, -0.2) is 24.1 Å². The number of aryl methyl sites for hydroxylation is 1. The van der Waals surface area contributed by atoms with Crippen LogP contribution in [-0.2, 0) is 11.2 Å². The number of ether oxygens (including phenoxy) is 1. The number of furan rings is 1. The molecule has 0 spiro atoms. The summed E-state index contributed by atoms with van der Waals surface area (Å²) < 4.78 is 11.2. The number of methoxy groups -OCH3 is 1. The van der Waals surface area contributed by atoms with Crippen molar-refractivity contribution in [3.8, 4) is 5.75 Å². The highest BCUT2D eigenvalue weighted by atomic mass is 79.9. The quantitative estimate of drug-likeness (QED) is 0.781. The second-order valence-electron chi connectivity index (χ2n) is 5.38. The number of hydrogen-bond acceptors (Lipinski definition) is 4. The summed E-state index contributed by atoms with van der Waals surface area (Å²) in [5, 5.41) is 11.8. The van der Waals surface area contributed by atoms with E-state index < -0.39 is 5.97 Å². The van der Waals surface area contributed by atoms with Gasteiger partial charge in [-0.3, -0.25) is 9.59 Å². The number of carbonyl (C=O) groups is 2. The molecule has 0 aliphatic rings. The van der Waals surface area contributed by atoms with E-state index in [2.05, 4.69) is 21.2 Å². The molecule has 7 heteroatoms. The van der Waals surface area contributed by atoms with Gasteiger partial charge in [0.2, 0.25) is 0 Å². The Hall–Kier alpha value is -2.28. The van der Waals surface area contributed by atoms with Gasteiger partial charge in [-0.25, -0.2) is 0 Å². The van der Waals surface area contributed by atoms with Crippen LogP contribution in [0.15, 0.2) is 33.4 Å². The lowest BCUT2D eigenvalue weighted by molar-refractivity contribution is -0.136. The first kappa shape index (κ1) is 18.1. The van der Waals surface area contributed by atoms with Gasteiger partial charge >= 0.3 is 5.97 Å². The minimum Gasteiger partial charge on any atom is -0.496 e. The fraction of sp³-hybridized carbons (Fsp3) is 0.294. The lowest BCUT2D eigenvalue weighted by Gasteiger charge is -2.16. The molecule has 24 heavy (non-hydrogen) atoms. The van der Waals surface area contributed by atoms with Crippen molar-refractivity contribution in [3.63, 3.8) is 0 Å². The van der Waals surface area contributed by atoms with Crippen LogP contribution in [0.1, 0.15) is 40.2 Å². The Morgan fingerprint density at radius 3 is 2.71 bits per heavy atom. The molecule has 0 saturated heterocycles. The van der Waals surface area contributed by atoms with Crippen LogP contribution in [0.2, 0.25) is 0 Å². The fourth-order valence-electron chi connectivity index (χ4n) is 2.37. The summed E-state index contributed by atoms with van der Waals surface area (Å²) in [6.45, 7) is 3.55. The number of benzene rings is 1. The van der Waals surface area contributed by atoms with Crippen molar-refractivity contribution in [2.75, 3.05) is 7.11 Å². The van der Waals surface area contributed by atoms with Gasteiger partial charge in [-0.2, -0.15) is 0 Å². The first-order valence-electron chi connectivity index (χ1n) is 7.26. The van der Waals surface area contributed by atoms with Gasteiger partial charge in [-0.1, -0.05) is 6.07 Å². The predicted molar refractivity (Wildman–Crippen MR) is 91.4 cm³/mol. The molecule has 1 heterocycles. The zero-order valence-corrected chi connectivity index (χ0v) is 15.1. The highest BCUT2D eigenvalue weighted by Crippen LogP contribution is 2.28. The molecule has 1 aromatic heterocycles. The Morgan fingerprint density at radius 1 is 1.42 bits per heavy atom. The Kier molecular flexibility index (Phi) is 5.66. The van der Waals surface area contributed by atoms with Crippen molar-refractivity contribution in [2.45, 2.75) is 26.3 Å².